The first-order valence-electron chi connectivity index (χ1n) is 8.78. The van der Waals surface area contributed by atoms with E-state index in [0.29, 0.717) is 12.3 Å². The van der Waals surface area contributed by atoms with E-state index < -0.39 is 10.8 Å². The maximum absolute atomic E-state index is 11.9. The maximum atomic E-state index is 11.9. The highest BCUT2D eigenvalue weighted by Gasteiger charge is 2.11. The van der Waals surface area contributed by atoms with Gasteiger partial charge >= 0.3 is 5.69 Å². The third-order valence-electron chi connectivity index (χ3n) is 4.00. The minimum Gasteiger partial charge on any atom is -0.489 e. The number of carbonyl (C=O) groups is 1. The summed E-state index contributed by atoms with van der Waals surface area (Å²) in [5, 5.41) is 18.5. The van der Waals surface area contributed by atoms with Crippen molar-refractivity contribution in [3.63, 3.8) is 0 Å². The molecule has 0 spiro atoms. The second-order valence-electron chi connectivity index (χ2n) is 6.18. The van der Waals surface area contributed by atoms with Crippen molar-refractivity contribution in [1.29, 1.82) is 0 Å². The van der Waals surface area contributed by atoms with Gasteiger partial charge in [-0.2, -0.15) is 10.2 Å². The lowest BCUT2D eigenvalue weighted by atomic mass is 10.1. The van der Waals surface area contributed by atoms with Crippen molar-refractivity contribution in [2.24, 2.45) is 5.10 Å². The predicted molar refractivity (Wildman–Crippen MR) is 106 cm³/mol. The van der Waals surface area contributed by atoms with Gasteiger partial charge in [-0.05, 0) is 42.3 Å². The van der Waals surface area contributed by atoms with Crippen LogP contribution in [0.4, 0.5) is 5.69 Å². The number of nitrogens with one attached hydrogen (secondary N) is 1. The van der Waals surface area contributed by atoms with E-state index in [4.69, 9.17) is 4.74 Å². The van der Waals surface area contributed by atoms with Crippen molar-refractivity contribution >= 4 is 17.3 Å². The normalized spacial score (nSPS) is 11.1. The van der Waals surface area contributed by atoms with Gasteiger partial charge in [0.25, 0.3) is 5.91 Å². The average molecular weight is 393 g/mol. The molecule has 9 nitrogen and oxygen atoms in total. The highest BCUT2D eigenvalue weighted by Crippen LogP contribution is 2.15. The summed E-state index contributed by atoms with van der Waals surface area (Å²) in [6.07, 6.45) is 2.27. The second-order valence-corrected chi connectivity index (χ2v) is 6.18. The minimum absolute atomic E-state index is 0.170. The molecule has 0 aliphatic rings. The Bertz CT molecular complexity index is 1010. The number of amides is 1. The molecule has 148 valence electrons. The molecular formula is C20H19N5O4. The fraction of sp³-hybridized carbons (Fsp3) is 0.150. The van der Waals surface area contributed by atoms with Gasteiger partial charge in [-0.15, -0.1) is 0 Å². The van der Waals surface area contributed by atoms with Crippen LogP contribution in [0.1, 0.15) is 18.1 Å². The zero-order chi connectivity index (χ0) is 20.6. The maximum Gasteiger partial charge on any atom is 0.307 e. The molecule has 3 rings (SSSR count). The van der Waals surface area contributed by atoms with E-state index in [1.807, 2.05) is 54.6 Å². The SMILES string of the molecule is C/C(=N\NC(=O)Cn1cc([N+](=O)[O-])cn1)c1ccc(OCc2ccccc2)cc1. The summed E-state index contributed by atoms with van der Waals surface area (Å²) in [5.41, 5.74) is 4.76. The number of nitro groups is 1. The molecule has 0 fully saturated rings. The van der Waals surface area contributed by atoms with Crippen LogP contribution in [0, 0.1) is 10.1 Å². The van der Waals surface area contributed by atoms with Crippen molar-refractivity contribution in [2.75, 3.05) is 0 Å². The topological polar surface area (TPSA) is 112 Å². The number of hydrazone groups is 1. The molecule has 1 aromatic heterocycles. The van der Waals surface area contributed by atoms with Crippen LogP contribution in [0.3, 0.4) is 0 Å². The van der Waals surface area contributed by atoms with Gasteiger partial charge in [-0.1, -0.05) is 30.3 Å². The molecule has 1 N–H and O–H groups in total. The highest BCUT2D eigenvalue weighted by molar-refractivity contribution is 5.99. The molecule has 2 aromatic carbocycles. The predicted octanol–water partition coefficient (Wildman–Crippen LogP) is 2.91. The van der Waals surface area contributed by atoms with E-state index in [1.165, 1.54) is 10.9 Å². The van der Waals surface area contributed by atoms with Crippen LogP contribution in [0.5, 0.6) is 5.75 Å². The third-order valence-corrected chi connectivity index (χ3v) is 4.00. The molecule has 0 radical (unpaired) electrons. The van der Waals surface area contributed by atoms with Crippen molar-refractivity contribution in [1.82, 2.24) is 15.2 Å². The molecule has 1 amide bonds. The lowest BCUT2D eigenvalue weighted by Gasteiger charge is -2.07. The fourth-order valence-corrected chi connectivity index (χ4v) is 2.46. The molecule has 0 saturated carbocycles. The van der Waals surface area contributed by atoms with Crippen LogP contribution in [0.15, 0.2) is 72.1 Å². The molecular weight excluding hydrogens is 374 g/mol. The lowest BCUT2D eigenvalue weighted by molar-refractivity contribution is -0.385. The van der Waals surface area contributed by atoms with Crippen LogP contribution >= 0.6 is 0 Å². The van der Waals surface area contributed by atoms with E-state index in [-0.39, 0.29) is 12.2 Å². The van der Waals surface area contributed by atoms with Crippen LogP contribution in [0.25, 0.3) is 0 Å². The zero-order valence-corrected chi connectivity index (χ0v) is 15.7. The fourth-order valence-electron chi connectivity index (χ4n) is 2.46. The summed E-state index contributed by atoms with van der Waals surface area (Å²) in [6.45, 7) is 2.07. The average Bonchev–Trinajstić information content (AvgIpc) is 3.20. The van der Waals surface area contributed by atoms with Crippen LogP contribution in [-0.2, 0) is 17.9 Å². The van der Waals surface area contributed by atoms with Gasteiger partial charge in [0.1, 0.15) is 31.3 Å². The standard InChI is InChI=1S/C20H19N5O4/c1-15(22-23-20(26)13-24-12-18(11-21-24)25(27)28)17-7-9-19(10-8-17)29-14-16-5-3-2-4-6-16/h2-12H,13-14H2,1H3,(H,23,26)/b22-15+. The van der Waals surface area contributed by atoms with E-state index >= 15 is 0 Å². The van der Waals surface area contributed by atoms with Gasteiger partial charge < -0.3 is 4.74 Å². The Balaban J connectivity index is 1.52. The Morgan fingerprint density at radius 2 is 1.93 bits per heavy atom. The smallest absolute Gasteiger partial charge is 0.307 e. The number of nitrogens with zero attached hydrogens (tertiary/aromatic N) is 4. The molecule has 29 heavy (non-hydrogen) atoms. The first-order chi connectivity index (χ1) is 14.0. The molecule has 9 heteroatoms. The summed E-state index contributed by atoms with van der Waals surface area (Å²) in [5.74, 6) is 0.292. The number of hydrogen-bond donors (Lipinski definition) is 1. The number of rotatable bonds is 8. The largest absolute Gasteiger partial charge is 0.489 e. The van der Waals surface area contributed by atoms with Gasteiger partial charge in [0.05, 0.1) is 10.6 Å². The third kappa shape index (κ3) is 5.73. The minimum atomic E-state index is -0.572. The quantitative estimate of drug-likeness (QED) is 0.359. The van der Waals surface area contributed by atoms with Crippen molar-refractivity contribution in [3.05, 3.63) is 88.2 Å². The van der Waals surface area contributed by atoms with Gasteiger partial charge in [0, 0.05) is 0 Å². The summed E-state index contributed by atoms with van der Waals surface area (Å²) >= 11 is 0. The molecule has 0 saturated heterocycles. The summed E-state index contributed by atoms with van der Waals surface area (Å²) in [7, 11) is 0. The van der Waals surface area contributed by atoms with Gasteiger partial charge in [-0.3, -0.25) is 19.6 Å². The lowest BCUT2D eigenvalue weighted by Crippen LogP contribution is -2.24. The number of hydrogen-bond acceptors (Lipinski definition) is 6. The monoisotopic (exact) mass is 393 g/mol. The molecule has 0 bridgehead atoms. The van der Waals surface area contributed by atoms with E-state index in [1.54, 1.807) is 6.92 Å². The summed E-state index contributed by atoms with van der Waals surface area (Å²) in [6, 6.07) is 17.2. The Labute approximate surface area is 166 Å². The van der Waals surface area contributed by atoms with Gasteiger partial charge in [0.15, 0.2) is 0 Å². The molecule has 0 aliphatic carbocycles. The number of benzene rings is 2. The molecule has 0 unspecified atom stereocenters. The number of carbonyl (C=O) groups excluding carboxylic acids is 1. The van der Waals surface area contributed by atoms with Crippen LogP contribution in [0.2, 0.25) is 0 Å². The van der Waals surface area contributed by atoms with Crippen molar-refractivity contribution in [2.45, 2.75) is 20.1 Å². The molecule has 0 aliphatic heterocycles. The van der Waals surface area contributed by atoms with E-state index in [9.17, 15) is 14.9 Å². The van der Waals surface area contributed by atoms with E-state index in [0.717, 1.165) is 23.1 Å². The molecule has 1 heterocycles. The first-order valence-corrected chi connectivity index (χ1v) is 8.78. The van der Waals surface area contributed by atoms with Crippen molar-refractivity contribution in [3.8, 4) is 5.75 Å². The first kappa shape index (κ1) is 19.7. The summed E-state index contributed by atoms with van der Waals surface area (Å²) in [4.78, 5) is 22.0. The second kappa shape index (κ2) is 9.27. The number of aromatic nitrogens is 2. The Morgan fingerprint density at radius 1 is 1.21 bits per heavy atom. The number of ether oxygens (including phenoxy) is 1. The van der Waals surface area contributed by atoms with Gasteiger partial charge in [-0.25, -0.2) is 5.43 Å². The van der Waals surface area contributed by atoms with Crippen LogP contribution in [-0.4, -0.2) is 26.3 Å². The Kier molecular flexibility index (Phi) is 6.31. The van der Waals surface area contributed by atoms with Crippen LogP contribution < -0.4 is 10.2 Å². The van der Waals surface area contributed by atoms with Crippen molar-refractivity contribution < 1.29 is 14.5 Å². The van der Waals surface area contributed by atoms with E-state index in [2.05, 4.69) is 15.6 Å². The Morgan fingerprint density at radius 3 is 2.59 bits per heavy atom. The summed E-state index contributed by atoms with van der Waals surface area (Å²) < 4.78 is 6.92. The Hall–Kier alpha value is -4.01. The zero-order valence-electron chi connectivity index (χ0n) is 15.7. The molecule has 3 aromatic rings. The van der Waals surface area contributed by atoms with Gasteiger partial charge in [0.2, 0.25) is 0 Å². The molecule has 0 atom stereocenters. The highest BCUT2D eigenvalue weighted by atomic mass is 16.6.